The second kappa shape index (κ2) is 8.04. The Balaban J connectivity index is 0.00000180. The largest absolute Gasteiger partial charge is 0.391 e. The smallest absolute Gasteiger partial charge is 0.223 e. The summed E-state index contributed by atoms with van der Waals surface area (Å²) in [7, 11) is 0. The molecule has 4 N–H and O–H groups in total. The van der Waals surface area contributed by atoms with Crippen molar-refractivity contribution in [1.29, 1.82) is 0 Å². The van der Waals surface area contributed by atoms with Gasteiger partial charge in [0.2, 0.25) is 5.91 Å². The van der Waals surface area contributed by atoms with E-state index in [0.717, 1.165) is 25.7 Å². The van der Waals surface area contributed by atoms with Crippen molar-refractivity contribution in [3.63, 3.8) is 0 Å². The molecule has 0 radical (unpaired) electrons. The number of ether oxygens (including phenoxy) is 1. The van der Waals surface area contributed by atoms with Gasteiger partial charge in [-0.1, -0.05) is 6.42 Å². The van der Waals surface area contributed by atoms with Gasteiger partial charge in [-0.05, 0) is 31.7 Å². The molecule has 112 valence electrons. The lowest BCUT2D eigenvalue weighted by atomic mass is 9.95. The van der Waals surface area contributed by atoms with Crippen LogP contribution in [0.4, 0.5) is 0 Å². The number of amides is 1. The van der Waals surface area contributed by atoms with E-state index in [1.54, 1.807) is 0 Å². The van der Waals surface area contributed by atoms with Crippen molar-refractivity contribution >= 4 is 18.3 Å². The summed E-state index contributed by atoms with van der Waals surface area (Å²) in [4.78, 5) is 12.0. The predicted molar refractivity (Wildman–Crippen MR) is 75.1 cm³/mol. The molecule has 1 amide bonds. The lowest BCUT2D eigenvalue weighted by Gasteiger charge is -2.21. The minimum atomic E-state index is -0.492. The molecule has 2 aliphatic rings. The minimum Gasteiger partial charge on any atom is -0.391 e. The summed E-state index contributed by atoms with van der Waals surface area (Å²) in [6.07, 6.45) is 3.45. The number of aliphatic hydroxyl groups is 1. The molecule has 0 aromatic heterocycles. The SMILES string of the molecule is Cl.NC[C@H]1CCC[C@H]1C(=O)NCC(O)C1CCOC1. The number of carbonyl (C=O) groups excluding carboxylic acids is 1. The van der Waals surface area contributed by atoms with E-state index in [-0.39, 0.29) is 30.2 Å². The third kappa shape index (κ3) is 4.31. The molecule has 2 fully saturated rings. The summed E-state index contributed by atoms with van der Waals surface area (Å²) in [5, 5.41) is 12.8. The molecular formula is C13H25ClN2O3. The van der Waals surface area contributed by atoms with Gasteiger partial charge < -0.3 is 20.9 Å². The van der Waals surface area contributed by atoms with Crippen LogP contribution < -0.4 is 11.1 Å². The van der Waals surface area contributed by atoms with Crippen LogP contribution in [0.3, 0.4) is 0 Å². The molecule has 1 saturated carbocycles. The second-order valence-corrected chi connectivity index (χ2v) is 5.47. The topological polar surface area (TPSA) is 84.6 Å². The Hall–Kier alpha value is -0.360. The van der Waals surface area contributed by atoms with E-state index in [1.807, 2.05) is 0 Å². The highest BCUT2D eigenvalue weighted by Crippen LogP contribution is 2.30. The van der Waals surface area contributed by atoms with Crippen LogP contribution in [0.1, 0.15) is 25.7 Å². The second-order valence-electron chi connectivity index (χ2n) is 5.47. The van der Waals surface area contributed by atoms with Crippen molar-refractivity contribution in [2.75, 3.05) is 26.3 Å². The summed E-state index contributed by atoms with van der Waals surface area (Å²) in [5.41, 5.74) is 5.67. The Labute approximate surface area is 120 Å². The molecule has 0 spiro atoms. The highest BCUT2D eigenvalue weighted by atomic mass is 35.5. The molecule has 6 heteroatoms. The maximum atomic E-state index is 12.0. The molecule has 2 rings (SSSR count). The minimum absolute atomic E-state index is 0. The number of carbonyl (C=O) groups is 1. The lowest BCUT2D eigenvalue weighted by molar-refractivity contribution is -0.126. The molecular weight excluding hydrogens is 268 g/mol. The van der Waals surface area contributed by atoms with Gasteiger partial charge in [0.25, 0.3) is 0 Å². The molecule has 19 heavy (non-hydrogen) atoms. The van der Waals surface area contributed by atoms with Crippen molar-refractivity contribution in [1.82, 2.24) is 5.32 Å². The van der Waals surface area contributed by atoms with E-state index in [4.69, 9.17) is 10.5 Å². The number of rotatable bonds is 5. The molecule has 0 aromatic carbocycles. The third-order valence-corrected chi connectivity index (χ3v) is 4.29. The van der Waals surface area contributed by atoms with Gasteiger partial charge in [-0.3, -0.25) is 4.79 Å². The van der Waals surface area contributed by atoms with Gasteiger partial charge in [0, 0.05) is 25.0 Å². The summed E-state index contributed by atoms with van der Waals surface area (Å²) < 4.78 is 5.23. The van der Waals surface area contributed by atoms with Crippen molar-refractivity contribution in [2.45, 2.75) is 31.8 Å². The molecule has 5 nitrogen and oxygen atoms in total. The molecule has 1 aliphatic heterocycles. The van der Waals surface area contributed by atoms with Gasteiger partial charge in [0.05, 0.1) is 12.7 Å². The third-order valence-electron chi connectivity index (χ3n) is 4.29. The Morgan fingerprint density at radius 1 is 1.42 bits per heavy atom. The van der Waals surface area contributed by atoms with Gasteiger partial charge in [-0.25, -0.2) is 0 Å². The number of aliphatic hydroxyl groups excluding tert-OH is 1. The average Bonchev–Trinajstić information content (AvgIpc) is 3.04. The van der Waals surface area contributed by atoms with Crippen LogP contribution in [0, 0.1) is 17.8 Å². The molecule has 1 aliphatic carbocycles. The highest BCUT2D eigenvalue weighted by Gasteiger charge is 2.32. The molecule has 2 unspecified atom stereocenters. The number of hydrogen-bond donors (Lipinski definition) is 3. The van der Waals surface area contributed by atoms with Crippen LogP contribution in [0.15, 0.2) is 0 Å². The van der Waals surface area contributed by atoms with Crippen LogP contribution in [0.25, 0.3) is 0 Å². The van der Waals surface area contributed by atoms with Crippen molar-refractivity contribution in [3.05, 3.63) is 0 Å². The first-order valence-electron chi connectivity index (χ1n) is 6.96. The molecule has 4 atom stereocenters. The van der Waals surface area contributed by atoms with Gasteiger partial charge in [0.1, 0.15) is 0 Å². The first-order chi connectivity index (χ1) is 8.72. The average molecular weight is 293 g/mol. The van der Waals surface area contributed by atoms with E-state index in [9.17, 15) is 9.90 Å². The van der Waals surface area contributed by atoms with Crippen LogP contribution in [0.2, 0.25) is 0 Å². The van der Waals surface area contributed by atoms with Gasteiger partial charge in [-0.15, -0.1) is 12.4 Å². The zero-order valence-electron chi connectivity index (χ0n) is 11.2. The van der Waals surface area contributed by atoms with E-state index >= 15 is 0 Å². The summed E-state index contributed by atoms with van der Waals surface area (Å²) in [6.45, 7) is 2.23. The van der Waals surface area contributed by atoms with Crippen LogP contribution in [-0.2, 0) is 9.53 Å². The normalized spacial score (nSPS) is 31.8. The number of hydrogen-bond acceptors (Lipinski definition) is 4. The Kier molecular flexibility index (Phi) is 7.07. The van der Waals surface area contributed by atoms with E-state index in [1.165, 1.54) is 0 Å². The van der Waals surface area contributed by atoms with Crippen molar-refractivity contribution in [2.24, 2.45) is 23.5 Å². The van der Waals surface area contributed by atoms with Crippen molar-refractivity contribution in [3.8, 4) is 0 Å². The fraction of sp³-hybridized carbons (Fsp3) is 0.923. The highest BCUT2D eigenvalue weighted by molar-refractivity contribution is 5.85. The van der Waals surface area contributed by atoms with E-state index < -0.39 is 6.10 Å². The van der Waals surface area contributed by atoms with Gasteiger partial charge in [-0.2, -0.15) is 0 Å². The maximum Gasteiger partial charge on any atom is 0.223 e. The predicted octanol–water partition coefficient (Wildman–Crippen LogP) is 0.297. The fourth-order valence-electron chi connectivity index (χ4n) is 3.02. The zero-order chi connectivity index (χ0) is 13.0. The summed E-state index contributed by atoms with van der Waals surface area (Å²) in [5.74, 6) is 0.582. The lowest BCUT2D eigenvalue weighted by Crippen LogP contribution is -2.41. The van der Waals surface area contributed by atoms with E-state index in [0.29, 0.717) is 32.2 Å². The molecule has 1 heterocycles. The van der Waals surface area contributed by atoms with Crippen LogP contribution in [0.5, 0.6) is 0 Å². The van der Waals surface area contributed by atoms with E-state index in [2.05, 4.69) is 5.32 Å². The summed E-state index contributed by atoms with van der Waals surface area (Å²) >= 11 is 0. The first-order valence-corrected chi connectivity index (χ1v) is 6.96. The van der Waals surface area contributed by atoms with Gasteiger partial charge in [0.15, 0.2) is 0 Å². The molecule has 0 aromatic rings. The zero-order valence-corrected chi connectivity index (χ0v) is 12.0. The molecule has 1 saturated heterocycles. The number of halogens is 1. The van der Waals surface area contributed by atoms with Crippen LogP contribution in [-0.4, -0.2) is 43.4 Å². The van der Waals surface area contributed by atoms with Crippen molar-refractivity contribution < 1.29 is 14.6 Å². The Morgan fingerprint density at radius 2 is 2.21 bits per heavy atom. The quantitative estimate of drug-likeness (QED) is 0.680. The fourth-order valence-corrected chi connectivity index (χ4v) is 3.02. The summed E-state index contributed by atoms with van der Waals surface area (Å²) in [6, 6.07) is 0. The van der Waals surface area contributed by atoms with Gasteiger partial charge >= 0.3 is 0 Å². The Morgan fingerprint density at radius 3 is 2.84 bits per heavy atom. The first kappa shape index (κ1) is 16.7. The Bertz CT molecular complexity index is 285. The standard InChI is InChI=1S/C13H24N2O3.ClH/c14-6-9-2-1-3-11(9)13(17)15-7-12(16)10-4-5-18-8-10;/h9-12,16H,1-8,14H2,(H,15,17);1H/t9-,10?,11-,12?;/m1./s1. The maximum absolute atomic E-state index is 12.0. The molecule has 0 bridgehead atoms. The number of nitrogens with two attached hydrogens (primary N) is 1. The monoisotopic (exact) mass is 292 g/mol. The van der Waals surface area contributed by atoms with Crippen LogP contribution >= 0.6 is 12.4 Å². The number of nitrogens with one attached hydrogen (secondary N) is 1.